The largest absolute Gasteiger partial charge is 0.484 e. The van der Waals surface area contributed by atoms with E-state index in [1.807, 2.05) is 12.1 Å². The van der Waals surface area contributed by atoms with Gasteiger partial charge in [0.25, 0.3) is 5.91 Å². The van der Waals surface area contributed by atoms with E-state index in [0.29, 0.717) is 25.4 Å². The van der Waals surface area contributed by atoms with Gasteiger partial charge in [0, 0.05) is 33.7 Å². The molecule has 7 nitrogen and oxygen atoms in total. The average molecular weight is 294 g/mol. The third-order valence-electron chi connectivity index (χ3n) is 2.66. The molecule has 0 aromatic heterocycles. The number of rotatable bonds is 7. The molecule has 0 spiro atoms. The first-order chi connectivity index (χ1) is 10.0. The predicted molar refractivity (Wildman–Crippen MR) is 79.9 cm³/mol. The molecule has 1 aromatic carbocycles. The summed E-state index contributed by atoms with van der Waals surface area (Å²) in [4.78, 5) is 24.2. The average Bonchev–Trinajstić information content (AvgIpc) is 2.49. The highest BCUT2D eigenvalue weighted by Crippen LogP contribution is 2.11. The van der Waals surface area contributed by atoms with Crippen LogP contribution in [0.3, 0.4) is 0 Å². The molecule has 0 unspecified atom stereocenters. The molecule has 116 valence electrons. The van der Waals surface area contributed by atoms with Gasteiger partial charge in [-0.15, -0.1) is 0 Å². The predicted octanol–water partition coefficient (Wildman–Crippen LogP) is -0.0885. The first-order valence-electron chi connectivity index (χ1n) is 6.66. The molecule has 0 radical (unpaired) electrons. The van der Waals surface area contributed by atoms with E-state index in [4.69, 9.17) is 10.5 Å². The molecule has 0 aliphatic rings. The topological polar surface area (TPSA) is 96.7 Å². The number of carbonyl (C=O) groups is 2. The molecular formula is C14H22N4O3. The van der Waals surface area contributed by atoms with Crippen molar-refractivity contribution in [2.75, 3.05) is 33.8 Å². The molecule has 0 saturated carbocycles. The number of hydrogen-bond donors (Lipinski definition) is 3. The second-order valence-electron chi connectivity index (χ2n) is 4.61. The van der Waals surface area contributed by atoms with Crippen molar-refractivity contribution in [1.29, 1.82) is 0 Å². The maximum Gasteiger partial charge on any atom is 0.316 e. The van der Waals surface area contributed by atoms with Crippen LogP contribution in [-0.2, 0) is 11.3 Å². The molecule has 0 saturated heterocycles. The summed E-state index contributed by atoms with van der Waals surface area (Å²) < 4.78 is 5.34. The standard InChI is InChI=1S/C14H22N4O3/c1-18(2)14(20)17-8-7-16-13(19)10-21-12-5-3-11(9-15)4-6-12/h3-6H,7-10,15H2,1-2H3,(H,16,19)(H,17,20). The summed E-state index contributed by atoms with van der Waals surface area (Å²) in [6.45, 7) is 1.13. The SMILES string of the molecule is CN(C)C(=O)NCCNC(=O)COc1ccc(CN)cc1. The zero-order valence-corrected chi connectivity index (χ0v) is 12.4. The van der Waals surface area contributed by atoms with Crippen LogP contribution in [0.2, 0.25) is 0 Å². The Morgan fingerprint density at radius 3 is 2.33 bits per heavy atom. The Morgan fingerprint density at radius 2 is 1.76 bits per heavy atom. The van der Waals surface area contributed by atoms with Gasteiger partial charge in [0.1, 0.15) is 5.75 Å². The summed E-state index contributed by atoms with van der Waals surface area (Å²) in [5.41, 5.74) is 6.50. The number of hydrogen-bond acceptors (Lipinski definition) is 4. The van der Waals surface area contributed by atoms with E-state index in [1.54, 1.807) is 26.2 Å². The molecule has 3 amide bonds. The van der Waals surface area contributed by atoms with Gasteiger partial charge in [-0.1, -0.05) is 12.1 Å². The molecule has 1 rings (SSSR count). The van der Waals surface area contributed by atoms with E-state index in [1.165, 1.54) is 4.90 Å². The lowest BCUT2D eigenvalue weighted by molar-refractivity contribution is -0.123. The Labute approximate surface area is 124 Å². The molecular weight excluding hydrogens is 272 g/mol. The monoisotopic (exact) mass is 294 g/mol. The third-order valence-corrected chi connectivity index (χ3v) is 2.66. The highest BCUT2D eigenvalue weighted by molar-refractivity contribution is 5.77. The van der Waals surface area contributed by atoms with Crippen LogP contribution in [-0.4, -0.2) is 50.6 Å². The fraction of sp³-hybridized carbons (Fsp3) is 0.429. The minimum Gasteiger partial charge on any atom is -0.484 e. The highest BCUT2D eigenvalue weighted by atomic mass is 16.5. The van der Waals surface area contributed by atoms with Gasteiger partial charge >= 0.3 is 6.03 Å². The Kier molecular flexibility index (Phi) is 7.03. The number of nitrogens with zero attached hydrogens (tertiary/aromatic N) is 1. The molecule has 0 heterocycles. The van der Waals surface area contributed by atoms with Gasteiger partial charge < -0.3 is 26.0 Å². The smallest absolute Gasteiger partial charge is 0.316 e. The van der Waals surface area contributed by atoms with Gasteiger partial charge in [-0.25, -0.2) is 4.79 Å². The van der Waals surface area contributed by atoms with Crippen LogP contribution in [0.4, 0.5) is 4.79 Å². The number of nitrogens with one attached hydrogen (secondary N) is 2. The van der Waals surface area contributed by atoms with Crippen LogP contribution >= 0.6 is 0 Å². The Morgan fingerprint density at radius 1 is 1.14 bits per heavy atom. The van der Waals surface area contributed by atoms with E-state index in [-0.39, 0.29) is 18.5 Å². The molecule has 0 aliphatic heterocycles. The molecule has 0 atom stereocenters. The minimum atomic E-state index is -0.239. The normalized spacial score (nSPS) is 9.86. The van der Waals surface area contributed by atoms with Gasteiger partial charge in [0.15, 0.2) is 6.61 Å². The van der Waals surface area contributed by atoms with E-state index in [9.17, 15) is 9.59 Å². The van der Waals surface area contributed by atoms with Gasteiger partial charge in [0.05, 0.1) is 0 Å². The van der Waals surface area contributed by atoms with Crippen molar-refractivity contribution >= 4 is 11.9 Å². The summed E-state index contributed by atoms with van der Waals surface area (Å²) in [5.74, 6) is 0.375. The van der Waals surface area contributed by atoms with Crippen LogP contribution in [0.5, 0.6) is 5.75 Å². The number of ether oxygens (including phenoxy) is 1. The summed E-state index contributed by atoms with van der Waals surface area (Å²) in [6.07, 6.45) is 0. The molecule has 0 fully saturated rings. The zero-order valence-electron chi connectivity index (χ0n) is 12.4. The molecule has 7 heteroatoms. The number of amides is 3. The summed E-state index contributed by atoms with van der Waals surface area (Å²) >= 11 is 0. The third kappa shape index (κ3) is 6.62. The number of nitrogens with two attached hydrogens (primary N) is 1. The summed E-state index contributed by atoms with van der Waals surface area (Å²) in [5, 5.41) is 5.30. The number of urea groups is 1. The first kappa shape index (κ1) is 16.8. The second-order valence-corrected chi connectivity index (χ2v) is 4.61. The number of benzene rings is 1. The fourth-order valence-electron chi connectivity index (χ4n) is 1.45. The second kappa shape index (κ2) is 8.80. The minimum absolute atomic E-state index is 0.0659. The van der Waals surface area contributed by atoms with Crippen LogP contribution < -0.4 is 21.1 Å². The van der Waals surface area contributed by atoms with Crippen LogP contribution in [0, 0.1) is 0 Å². The zero-order chi connectivity index (χ0) is 15.7. The molecule has 21 heavy (non-hydrogen) atoms. The molecule has 4 N–H and O–H groups in total. The van der Waals surface area contributed by atoms with Crippen molar-refractivity contribution in [3.05, 3.63) is 29.8 Å². The van der Waals surface area contributed by atoms with Gasteiger partial charge in [-0.2, -0.15) is 0 Å². The van der Waals surface area contributed by atoms with Crippen molar-refractivity contribution in [2.24, 2.45) is 5.73 Å². The van der Waals surface area contributed by atoms with Crippen LogP contribution in [0.25, 0.3) is 0 Å². The number of carbonyl (C=O) groups excluding carboxylic acids is 2. The van der Waals surface area contributed by atoms with E-state index >= 15 is 0 Å². The van der Waals surface area contributed by atoms with Crippen LogP contribution in [0.1, 0.15) is 5.56 Å². The highest BCUT2D eigenvalue weighted by Gasteiger charge is 2.04. The fourth-order valence-corrected chi connectivity index (χ4v) is 1.45. The van der Waals surface area contributed by atoms with E-state index < -0.39 is 0 Å². The summed E-state index contributed by atoms with van der Waals surface area (Å²) in [7, 11) is 3.30. The Hall–Kier alpha value is -2.28. The molecule has 0 bridgehead atoms. The Balaban J connectivity index is 2.17. The maximum absolute atomic E-state index is 11.5. The van der Waals surface area contributed by atoms with Crippen molar-refractivity contribution < 1.29 is 14.3 Å². The van der Waals surface area contributed by atoms with Crippen molar-refractivity contribution in [1.82, 2.24) is 15.5 Å². The van der Waals surface area contributed by atoms with Crippen molar-refractivity contribution in [3.63, 3.8) is 0 Å². The lowest BCUT2D eigenvalue weighted by Gasteiger charge is -2.12. The first-order valence-corrected chi connectivity index (χ1v) is 6.66. The van der Waals surface area contributed by atoms with Crippen molar-refractivity contribution in [2.45, 2.75) is 6.54 Å². The summed E-state index contributed by atoms with van der Waals surface area (Å²) in [6, 6.07) is 7.05. The van der Waals surface area contributed by atoms with Gasteiger partial charge in [0.2, 0.25) is 0 Å². The molecule has 0 aliphatic carbocycles. The Bertz CT molecular complexity index is 460. The van der Waals surface area contributed by atoms with Crippen LogP contribution in [0.15, 0.2) is 24.3 Å². The lowest BCUT2D eigenvalue weighted by Crippen LogP contribution is -2.40. The van der Waals surface area contributed by atoms with Gasteiger partial charge in [-0.05, 0) is 17.7 Å². The van der Waals surface area contributed by atoms with Crippen molar-refractivity contribution in [3.8, 4) is 5.75 Å². The lowest BCUT2D eigenvalue weighted by atomic mass is 10.2. The molecule has 1 aromatic rings. The van der Waals surface area contributed by atoms with E-state index in [2.05, 4.69) is 10.6 Å². The maximum atomic E-state index is 11.5. The van der Waals surface area contributed by atoms with Gasteiger partial charge in [-0.3, -0.25) is 4.79 Å². The quantitative estimate of drug-likeness (QED) is 0.612. The van der Waals surface area contributed by atoms with E-state index in [0.717, 1.165) is 5.56 Å².